The van der Waals surface area contributed by atoms with Crippen LogP contribution in [0.4, 0.5) is 0 Å². The number of H-pyrrole nitrogens is 1. The van der Waals surface area contributed by atoms with Gasteiger partial charge in [0, 0.05) is 31.2 Å². The molecule has 4 atom stereocenters. The van der Waals surface area contributed by atoms with Crippen molar-refractivity contribution in [2.45, 2.75) is 63.2 Å². The second-order valence-corrected chi connectivity index (χ2v) is 9.67. The van der Waals surface area contributed by atoms with E-state index in [0.717, 1.165) is 27.4 Å². The third kappa shape index (κ3) is 7.62. The Morgan fingerprint density at radius 3 is 2.49 bits per heavy atom. The topological polar surface area (TPSA) is 136 Å². The molecule has 1 aromatic heterocycles. The molecular weight excluding hydrogens is 496 g/mol. The zero-order valence-electron chi connectivity index (χ0n) is 20.6. The number of aromatic nitrogens is 3. The summed E-state index contributed by atoms with van der Waals surface area (Å²) in [6.45, 7) is 3.09. The van der Waals surface area contributed by atoms with Crippen molar-refractivity contribution < 1.29 is 28.9 Å². The Kier molecular flexibility index (Phi) is 9.29. The minimum Gasteiger partial charge on any atom is -0.453 e. The summed E-state index contributed by atoms with van der Waals surface area (Å²) in [5, 5.41) is 19.6. The smallest absolute Gasteiger partial charge is 0.303 e. The number of carbonyl (C=O) groups is 2. The molecule has 11 heteroatoms. The first kappa shape index (κ1) is 26.8. The lowest BCUT2D eigenvalue weighted by Gasteiger charge is -2.36. The first-order valence-electron chi connectivity index (χ1n) is 11.9. The zero-order chi connectivity index (χ0) is 26.2. The number of hydrogen-bond donors (Lipinski definition) is 3. The number of ether oxygens (including phenoxy) is 3. The van der Waals surface area contributed by atoms with E-state index >= 15 is 0 Å². The number of benzene rings is 2. The van der Waals surface area contributed by atoms with Crippen LogP contribution in [0.5, 0.6) is 0 Å². The third-order valence-corrected chi connectivity index (χ3v) is 6.85. The van der Waals surface area contributed by atoms with Crippen LogP contribution in [-0.4, -0.2) is 50.1 Å². The maximum atomic E-state index is 12.1. The van der Waals surface area contributed by atoms with Crippen molar-refractivity contribution in [2.75, 3.05) is 5.75 Å². The predicted molar refractivity (Wildman–Crippen MR) is 135 cm³/mol. The normalized spacial score (nSPS) is 20.2. The fourth-order valence-corrected chi connectivity index (χ4v) is 4.68. The van der Waals surface area contributed by atoms with Crippen LogP contribution in [0, 0.1) is 0 Å². The summed E-state index contributed by atoms with van der Waals surface area (Å²) >= 11 is 1.54. The Labute approximate surface area is 219 Å². The molecule has 1 aliphatic rings. The second-order valence-electron chi connectivity index (χ2n) is 8.66. The van der Waals surface area contributed by atoms with Gasteiger partial charge in [-0.25, -0.2) is 4.98 Å². The van der Waals surface area contributed by atoms with Crippen LogP contribution in [0.3, 0.4) is 0 Å². The first-order chi connectivity index (χ1) is 17.9. The lowest BCUT2D eigenvalue weighted by Crippen LogP contribution is -2.35. The molecule has 3 N–H and O–H groups in total. The first-order valence-corrected chi connectivity index (χ1v) is 12.9. The molecule has 0 bridgehead atoms. The molecule has 0 aliphatic carbocycles. The third-order valence-electron chi connectivity index (χ3n) is 5.84. The quantitative estimate of drug-likeness (QED) is 0.269. The summed E-state index contributed by atoms with van der Waals surface area (Å²) in [6.07, 6.45) is 0.426. The molecule has 1 aliphatic heterocycles. The Balaban J connectivity index is 1.42. The molecule has 2 aromatic carbocycles. The highest BCUT2D eigenvalue weighted by Crippen LogP contribution is 2.39. The number of nitrogens with zero attached hydrogens (tertiary/aromatic N) is 2. The van der Waals surface area contributed by atoms with Gasteiger partial charge < -0.3 is 24.6 Å². The lowest BCUT2D eigenvalue weighted by molar-refractivity contribution is -0.245. The van der Waals surface area contributed by atoms with Crippen molar-refractivity contribution >= 4 is 23.6 Å². The molecule has 4 rings (SSSR count). The summed E-state index contributed by atoms with van der Waals surface area (Å²) in [5.74, 6) is -0.190. The van der Waals surface area contributed by atoms with E-state index in [0.29, 0.717) is 18.7 Å². The van der Waals surface area contributed by atoms with Crippen molar-refractivity contribution in [1.82, 2.24) is 20.5 Å². The summed E-state index contributed by atoms with van der Waals surface area (Å²) in [6, 6.07) is 15.4. The largest absolute Gasteiger partial charge is 0.453 e. The van der Waals surface area contributed by atoms with Crippen LogP contribution in [0.15, 0.2) is 60.0 Å². The van der Waals surface area contributed by atoms with Gasteiger partial charge in [-0.2, -0.15) is 5.10 Å². The van der Waals surface area contributed by atoms with Crippen molar-refractivity contribution in [1.29, 1.82) is 0 Å². The summed E-state index contributed by atoms with van der Waals surface area (Å²) < 4.78 is 17.6. The molecule has 0 spiro atoms. The van der Waals surface area contributed by atoms with Crippen LogP contribution in [0.2, 0.25) is 0 Å². The highest BCUT2D eigenvalue weighted by atomic mass is 32.2. The van der Waals surface area contributed by atoms with E-state index in [2.05, 4.69) is 20.5 Å². The highest BCUT2D eigenvalue weighted by Gasteiger charge is 2.32. The molecular formula is C26H30N4O6S. The molecule has 0 unspecified atom stereocenters. The highest BCUT2D eigenvalue weighted by molar-refractivity contribution is 7.99. The van der Waals surface area contributed by atoms with Crippen LogP contribution in [0.1, 0.15) is 54.9 Å². The van der Waals surface area contributed by atoms with Gasteiger partial charge in [0.25, 0.3) is 5.91 Å². The van der Waals surface area contributed by atoms with Crippen LogP contribution < -0.4 is 5.32 Å². The van der Waals surface area contributed by atoms with Crippen LogP contribution in [-0.2, 0) is 37.0 Å². The molecule has 10 nitrogen and oxygen atoms in total. The molecule has 2 heterocycles. The number of aromatic amines is 1. The van der Waals surface area contributed by atoms with Gasteiger partial charge in [0.2, 0.25) is 0 Å². The fraction of sp³-hybridized carbons (Fsp3) is 0.385. The van der Waals surface area contributed by atoms with E-state index < -0.39 is 18.4 Å². The van der Waals surface area contributed by atoms with E-state index in [1.165, 1.54) is 31.9 Å². The van der Waals surface area contributed by atoms with Gasteiger partial charge in [0.05, 0.1) is 18.8 Å². The van der Waals surface area contributed by atoms with Gasteiger partial charge in [-0.1, -0.05) is 60.3 Å². The van der Waals surface area contributed by atoms with Gasteiger partial charge in [0.15, 0.2) is 17.6 Å². The number of nitrogens with one attached hydrogen (secondary N) is 2. The van der Waals surface area contributed by atoms with Gasteiger partial charge in [0.1, 0.15) is 6.33 Å². The monoisotopic (exact) mass is 526 g/mol. The van der Waals surface area contributed by atoms with Crippen molar-refractivity contribution in [3.8, 4) is 0 Å². The molecule has 0 radical (unpaired) electrons. The van der Waals surface area contributed by atoms with E-state index in [1.807, 2.05) is 48.5 Å². The van der Waals surface area contributed by atoms with Gasteiger partial charge >= 0.3 is 5.97 Å². The second kappa shape index (κ2) is 12.8. The average molecular weight is 527 g/mol. The minimum absolute atomic E-state index is 0.0105. The Morgan fingerprint density at radius 2 is 1.84 bits per heavy atom. The number of amides is 1. The maximum Gasteiger partial charge on any atom is 0.303 e. The summed E-state index contributed by atoms with van der Waals surface area (Å²) in [4.78, 5) is 27.3. The van der Waals surface area contributed by atoms with Crippen LogP contribution in [0.25, 0.3) is 0 Å². The molecule has 1 amide bonds. The number of aliphatic hydroxyl groups excluding tert-OH is 1. The average Bonchev–Trinajstić information content (AvgIpc) is 3.44. The number of thioether (sulfide) groups is 1. The number of rotatable bonds is 10. The van der Waals surface area contributed by atoms with Crippen molar-refractivity contribution in [2.24, 2.45) is 0 Å². The van der Waals surface area contributed by atoms with E-state index in [1.54, 1.807) is 0 Å². The summed E-state index contributed by atoms with van der Waals surface area (Å²) in [7, 11) is 0. The molecule has 0 saturated carbocycles. The zero-order valence-corrected chi connectivity index (χ0v) is 21.4. The fourth-order valence-electron chi connectivity index (χ4n) is 3.89. The molecule has 196 valence electrons. The number of carbonyl (C=O) groups excluding carboxylic acids is 2. The Morgan fingerprint density at radius 1 is 1.14 bits per heavy atom. The number of hydrogen-bond acceptors (Lipinski definition) is 9. The molecule has 37 heavy (non-hydrogen) atoms. The molecule has 1 fully saturated rings. The number of aliphatic hydroxyl groups is 1. The number of esters is 1. The Hall–Kier alpha value is -3.25. The predicted octanol–water partition coefficient (Wildman–Crippen LogP) is 3.20. The van der Waals surface area contributed by atoms with E-state index in [4.69, 9.17) is 14.2 Å². The van der Waals surface area contributed by atoms with Crippen LogP contribution >= 0.6 is 11.8 Å². The van der Waals surface area contributed by atoms with E-state index in [9.17, 15) is 14.7 Å². The standard InChI is InChI=1S/C26H30N4O6S/c1-16(34-17(2)32)24(33)27-12-18-3-9-21(10-4-18)25-35-22(14-37-26-28-15-29-30-26)11-23(36-25)20-7-5-19(13-31)6-8-20/h3-10,15-16,22-23,25,31H,11-14H2,1-2H3,(H,27,33)(H,28,29,30)/t16-,22+,23-,25-/m0/s1. The van der Waals surface area contributed by atoms with Gasteiger partial charge in [-0.3, -0.25) is 14.7 Å². The molecule has 1 saturated heterocycles. The van der Waals surface area contributed by atoms with Gasteiger partial charge in [-0.05, 0) is 23.6 Å². The maximum absolute atomic E-state index is 12.1. The van der Waals surface area contributed by atoms with Gasteiger partial charge in [-0.15, -0.1) is 0 Å². The SMILES string of the molecule is CC(=O)O[C@@H](C)C(=O)NCc1ccc([C@H]2O[C@@H](CSc3ncn[nH]3)C[C@@H](c3ccc(CO)cc3)O2)cc1. The van der Waals surface area contributed by atoms with E-state index in [-0.39, 0.29) is 24.7 Å². The minimum atomic E-state index is -0.851. The molecule has 3 aromatic rings. The summed E-state index contributed by atoms with van der Waals surface area (Å²) in [5.41, 5.74) is 3.60. The Bertz CT molecular complexity index is 1160. The van der Waals surface area contributed by atoms with Crippen molar-refractivity contribution in [3.05, 3.63) is 77.1 Å². The van der Waals surface area contributed by atoms with Crippen molar-refractivity contribution in [3.63, 3.8) is 0 Å². The lowest BCUT2D eigenvalue weighted by atomic mass is 10.0.